The first-order valence-electron chi connectivity index (χ1n) is 5.90. The van der Waals surface area contributed by atoms with Gasteiger partial charge in [-0.05, 0) is 12.1 Å². The van der Waals surface area contributed by atoms with E-state index in [0.29, 0.717) is 30.3 Å². The van der Waals surface area contributed by atoms with E-state index in [9.17, 15) is 5.11 Å². The van der Waals surface area contributed by atoms with Gasteiger partial charge in [-0.25, -0.2) is 0 Å². The molecule has 1 aliphatic rings. The number of nitrogens with zero attached hydrogens (tertiary/aromatic N) is 2. The van der Waals surface area contributed by atoms with E-state index in [0.717, 1.165) is 5.69 Å². The molecule has 1 aromatic carbocycles. The van der Waals surface area contributed by atoms with Crippen LogP contribution in [0.15, 0.2) is 23.4 Å². The van der Waals surface area contributed by atoms with E-state index in [1.807, 2.05) is 11.0 Å². The van der Waals surface area contributed by atoms with Gasteiger partial charge in [0.05, 0.1) is 36.4 Å². The largest absolute Gasteiger partial charge is 0.409 e. The van der Waals surface area contributed by atoms with Crippen LogP contribution in [0.3, 0.4) is 0 Å². The molecule has 1 saturated heterocycles. The van der Waals surface area contributed by atoms with Crippen molar-refractivity contribution in [1.82, 2.24) is 0 Å². The molecule has 0 aromatic heterocycles. The third kappa shape index (κ3) is 2.75. The van der Waals surface area contributed by atoms with Crippen LogP contribution in [0.25, 0.3) is 0 Å². The summed E-state index contributed by atoms with van der Waals surface area (Å²) in [5.74, 6) is -0.0521. The monoisotopic (exact) mass is 285 g/mol. The Morgan fingerprint density at radius 3 is 3.05 bits per heavy atom. The second-order valence-electron chi connectivity index (χ2n) is 4.22. The number of benzene rings is 1. The van der Waals surface area contributed by atoms with Crippen LogP contribution >= 0.6 is 11.6 Å². The Bertz CT molecular complexity index is 481. The topological polar surface area (TPSA) is 91.3 Å². The van der Waals surface area contributed by atoms with Crippen molar-refractivity contribution in [3.05, 3.63) is 28.8 Å². The second kappa shape index (κ2) is 6.10. The second-order valence-corrected chi connectivity index (χ2v) is 4.63. The van der Waals surface area contributed by atoms with Crippen molar-refractivity contribution in [1.29, 1.82) is 0 Å². The summed E-state index contributed by atoms with van der Waals surface area (Å²) in [6.45, 7) is 1.55. The normalized spacial score (nSPS) is 20.6. The molecule has 4 N–H and O–H groups in total. The average molecular weight is 286 g/mol. The molecule has 0 radical (unpaired) electrons. The van der Waals surface area contributed by atoms with Gasteiger partial charge in [-0.15, -0.1) is 0 Å². The van der Waals surface area contributed by atoms with E-state index >= 15 is 0 Å². The first kappa shape index (κ1) is 13.9. The standard InChI is InChI=1S/C12H16ClN3O3/c13-9-2-1-3-10(11(9)12(14)15-18)16-4-5-19-7-8(16)6-17/h1-3,8,17-18H,4-7H2,(H2,14,15). The Kier molecular flexibility index (Phi) is 4.47. The van der Waals surface area contributed by atoms with Crippen molar-refractivity contribution >= 4 is 23.1 Å². The molecule has 6 nitrogen and oxygen atoms in total. The average Bonchev–Trinajstić information content (AvgIpc) is 2.46. The van der Waals surface area contributed by atoms with Gasteiger partial charge in [0, 0.05) is 12.2 Å². The fourth-order valence-corrected chi connectivity index (χ4v) is 2.45. The smallest absolute Gasteiger partial charge is 0.173 e. The summed E-state index contributed by atoms with van der Waals surface area (Å²) in [4.78, 5) is 1.96. The molecular weight excluding hydrogens is 270 g/mol. The summed E-state index contributed by atoms with van der Waals surface area (Å²) in [5, 5.41) is 21.7. The van der Waals surface area contributed by atoms with Crippen LogP contribution in [0.5, 0.6) is 0 Å². The van der Waals surface area contributed by atoms with E-state index < -0.39 is 0 Å². The quantitative estimate of drug-likeness (QED) is 0.328. The zero-order valence-electron chi connectivity index (χ0n) is 10.3. The highest BCUT2D eigenvalue weighted by molar-refractivity contribution is 6.34. The molecule has 0 saturated carbocycles. The van der Waals surface area contributed by atoms with Gasteiger partial charge in [0.15, 0.2) is 5.84 Å². The molecule has 1 atom stereocenters. The van der Waals surface area contributed by atoms with Gasteiger partial charge in [-0.1, -0.05) is 22.8 Å². The van der Waals surface area contributed by atoms with Crippen molar-refractivity contribution in [2.45, 2.75) is 6.04 Å². The summed E-state index contributed by atoms with van der Waals surface area (Å²) >= 11 is 6.12. The van der Waals surface area contributed by atoms with E-state index in [2.05, 4.69) is 5.16 Å². The predicted molar refractivity (Wildman–Crippen MR) is 73.0 cm³/mol. The maximum Gasteiger partial charge on any atom is 0.173 e. The molecule has 1 heterocycles. The Hall–Kier alpha value is -1.50. The molecule has 0 aliphatic carbocycles. The van der Waals surface area contributed by atoms with Crippen molar-refractivity contribution in [2.24, 2.45) is 10.9 Å². The van der Waals surface area contributed by atoms with E-state index in [4.69, 9.17) is 27.3 Å². The van der Waals surface area contributed by atoms with Gasteiger partial charge in [-0.2, -0.15) is 0 Å². The van der Waals surface area contributed by atoms with Gasteiger partial charge < -0.3 is 25.7 Å². The Morgan fingerprint density at radius 1 is 1.58 bits per heavy atom. The number of aliphatic hydroxyl groups excluding tert-OH is 1. The van der Waals surface area contributed by atoms with E-state index in [1.54, 1.807) is 12.1 Å². The first-order chi connectivity index (χ1) is 9.19. The van der Waals surface area contributed by atoms with Crippen LogP contribution < -0.4 is 10.6 Å². The lowest BCUT2D eigenvalue weighted by Gasteiger charge is -2.37. The minimum absolute atomic E-state index is 0.0396. The van der Waals surface area contributed by atoms with Gasteiger partial charge in [0.25, 0.3) is 0 Å². The number of oxime groups is 1. The number of hydrogen-bond acceptors (Lipinski definition) is 5. The number of amidine groups is 1. The zero-order chi connectivity index (χ0) is 13.8. The minimum Gasteiger partial charge on any atom is -0.409 e. The van der Waals surface area contributed by atoms with Crippen LogP contribution in [0, 0.1) is 0 Å². The Balaban J connectivity index is 2.46. The fourth-order valence-electron chi connectivity index (χ4n) is 2.18. The number of anilines is 1. The molecular formula is C12H16ClN3O3. The molecule has 1 unspecified atom stereocenters. The summed E-state index contributed by atoms with van der Waals surface area (Å²) in [6.07, 6.45) is 0. The number of halogens is 1. The highest BCUT2D eigenvalue weighted by Gasteiger charge is 2.26. The lowest BCUT2D eigenvalue weighted by molar-refractivity contribution is 0.0727. The molecule has 1 fully saturated rings. The molecule has 1 aliphatic heterocycles. The first-order valence-corrected chi connectivity index (χ1v) is 6.28. The van der Waals surface area contributed by atoms with Crippen molar-refractivity contribution in [2.75, 3.05) is 31.3 Å². The van der Waals surface area contributed by atoms with Crippen LogP contribution in [-0.4, -0.2) is 48.6 Å². The zero-order valence-corrected chi connectivity index (χ0v) is 11.0. The predicted octanol–water partition coefficient (Wildman–Crippen LogP) is 0.632. The number of rotatable bonds is 3. The SMILES string of the molecule is N/C(=N/O)c1c(Cl)cccc1N1CCOCC1CO. The van der Waals surface area contributed by atoms with Gasteiger partial charge >= 0.3 is 0 Å². The third-order valence-electron chi connectivity index (χ3n) is 3.10. The number of hydrogen-bond donors (Lipinski definition) is 3. The Morgan fingerprint density at radius 2 is 2.37 bits per heavy atom. The number of nitrogens with two attached hydrogens (primary N) is 1. The molecule has 104 valence electrons. The van der Waals surface area contributed by atoms with Crippen LogP contribution in [0.4, 0.5) is 5.69 Å². The van der Waals surface area contributed by atoms with Crippen molar-refractivity contribution in [3.63, 3.8) is 0 Å². The molecule has 0 bridgehead atoms. The summed E-state index contributed by atoms with van der Waals surface area (Å²) in [6, 6.07) is 5.12. The molecule has 0 spiro atoms. The molecule has 0 amide bonds. The van der Waals surface area contributed by atoms with Gasteiger partial charge in [0.2, 0.25) is 0 Å². The maximum absolute atomic E-state index is 9.41. The molecule has 2 rings (SSSR count). The minimum atomic E-state index is -0.169. The Labute approximate surface area is 116 Å². The molecule has 1 aromatic rings. The van der Waals surface area contributed by atoms with Crippen LogP contribution in [0.2, 0.25) is 5.02 Å². The van der Waals surface area contributed by atoms with Gasteiger partial charge in [-0.3, -0.25) is 0 Å². The highest BCUT2D eigenvalue weighted by Crippen LogP contribution is 2.29. The maximum atomic E-state index is 9.41. The summed E-state index contributed by atoms with van der Waals surface area (Å²) < 4.78 is 5.34. The third-order valence-corrected chi connectivity index (χ3v) is 3.42. The summed E-state index contributed by atoms with van der Waals surface area (Å²) in [7, 11) is 0. The number of ether oxygens (including phenoxy) is 1. The van der Waals surface area contributed by atoms with Crippen molar-refractivity contribution in [3.8, 4) is 0 Å². The molecule has 19 heavy (non-hydrogen) atoms. The van der Waals surface area contributed by atoms with Crippen LogP contribution in [0.1, 0.15) is 5.56 Å². The van der Waals surface area contributed by atoms with Crippen LogP contribution in [-0.2, 0) is 4.74 Å². The van der Waals surface area contributed by atoms with Crippen molar-refractivity contribution < 1.29 is 15.1 Å². The number of morpholine rings is 1. The lowest BCUT2D eigenvalue weighted by atomic mass is 10.1. The fraction of sp³-hybridized carbons (Fsp3) is 0.417. The van der Waals surface area contributed by atoms with Gasteiger partial charge in [0.1, 0.15) is 0 Å². The van der Waals surface area contributed by atoms with E-state index in [-0.39, 0.29) is 18.5 Å². The number of aliphatic hydroxyl groups is 1. The lowest BCUT2D eigenvalue weighted by Crippen LogP contribution is -2.48. The molecule has 7 heteroatoms. The highest BCUT2D eigenvalue weighted by atomic mass is 35.5. The summed E-state index contributed by atoms with van der Waals surface area (Å²) in [5.41, 5.74) is 6.88. The van der Waals surface area contributed by atoms with E-state index in [1.165, 1.54) is 0 Å².